The number of benzene rings is 1. The zero-order valence-electron chi connectivity index (χ0n) is 15.5. The van der Waals surface area contributed by atoms with Crippen LogP contribution in [0.15, 0.2) is 60.8 Å². The molecule has 0 aliphatic carbocycles. The van der Waals surface area contributed by atoms with E-state index in [2.05, 4.69) is 20.5 Å². The Balaban J connectivity index is 1.47. The van der Waals surface area contributed by atoms with Crippen LogP contribution in [0.25, 0.3) is 28.4 Å². The van der Waals surface area contributed by atoms with Gasteiger partial charge in [-0.2, -0.15) is 9.61 Å². The SMILES string of the molecule is O=C(Nc1cccc(-c2ccc3nnc(-c4ccccn4)n3n2)c1)C1CCCO1. The van der Waals surface area contributed by atoms with Crippen molar-refractivity contribution in [2.45, 2.75) is 18.9 Å². The highest BCUT2D eigenvalue weighted by molar-refractivity contribution is 5.94. The van der Waals surface area contributed by atoms with E-state index in [1.807, 2.05) is 54.6 Å². The van der Waals surface area contributed by atoms with Crippen LogP contribution >= 0.6 is 0 Å². The molecule has 0 bridgehead atoms. The smallest absolute Gasteiger partial charge is 0.253 e. The number of anilines is 1. The molecule has 1 aliphatic rings. The van der Waals surface area contributed by atoms with Gasteiger partial charge in [0.2, 0.25) is 5.82 Å². The van der Waals surface area contributed by atoms with Crippen LogP contribution in [0.5, 0.6) is 0 Å². The molecule has 1 atom stereocenters. The molecule has 1 unspecified atom stereocenters. The Bertz CT molecular complexity index is 1170. The third kappa shape index (κ3) is 3.45. The molecule has 1 fully saturated rings. The summed E-state index contributed by atoms with van der Waals surface area (Å²) in [6.45, 7) is 0.638. The number of amides is 1. The van der Waals surface area contributed by atoms with Crippen molar-refractivity contribution in [3.05, 3.63) is 60.8 Å². The summed E-state index contributed by atoms with van der Waals surface area (Å²) in [5.74, 6) is 0.463. The lowest BCUT2D eigenvalue weighted by atomic mass is 10.1. The van der Waals surface area contributed by atoms with Crippen LogP contribution < -0.4 is 5.32 Å². The van der Waals surface area contributed by atoms with E-state index in [0.717, 1.165) is 24.1 Å². The standard InChI is InChI=1S/C21H18N6O2/c28-21(18-8-4-12-29-18)23-15-6-3-5-14(13-15)16-9-10-19-24-25-20(27(19)26-16)17-7-1-2-11-22-17/h1-3,5-7,9-11,13,18H,4,8,12H2,(H,23,28). The normalized spacial score (nSPS) is 16.2. The maximum absolute atomic E-state index is 12.3. The van der Waals surface area contributed by atoms with Gasteiger partial charge < -0.3 is 10.1 Å². The van der Waals surface area contributed by atoms with Crippen molar-refractivity contribution in [3.63, 3.8) is 0 Å². The second kappa shape index (κ2) is 7.40. The lowest BCUT2D eigenvalue weighted by molar-refractivity contribution is -0.124. The van der Waals surface area contributed by atoms with E-state index < -0.39 is 0 Å². The van der Waals surface area contributed by atoms with Gasteiger partial charge in [0.05, 0.1) is 5.69 Å². The van der Waals surface area contributed by atoms with Gasteiger partial charge in [0.1, 0.15) is 11.8 Å². The molecule has 144 valence electrons. The zero-order chi connectivity index (χ0) is 19.6. The molecule has 1 saturated heterocycles. The zero-order valence-corrected chi connectivity index (χ0v) is 15.5. The summed E-state index contributed by atoms with van der Waals surface area (Å²) < 4.78 is 7.12. The number of pyridine rings is 1. The Hall–Kier alpha value is -3.65. The number of nitrogens with one attached hydrogen (secondary N) is 1. The molecule has 29 heavy (non-hydrogen) atoms. The first-order chi connectivity index (χ1) is 14.3. The number of hydrogen-bond donors (Lipinski definition) is 1. The lowest BCUT2D eigenvalue weighted by Gasteiger charge is -2.11. The van der Waals surface area contributed by atoms with Crippen molar-refractivity contribution in [1.29, 1.82) is 0 Å². The summed E-state index contributed by atoms with van der Waals surface area (Å²) >= 11 is 0. The highest BCUT2D eigenvalue weighted by atomic mass is 16.5. The summed E-state index contributed by atoms with van der Waals surface area (Å²) in [6, 6.07) is 16.9. The second-order valence-corrected chi connectivity index (χ2v) is 6.80. The first-order valence-corrected chi connectivity index (χ1v) is 9.45. The molecule has 8 nitrogen and oxygen atoms in total. The number of nitrogens with zero attached hydrogens (tertiary/aromatic N) is 5. The van der Waals surface area contributed by atoms with Crippen LogP contribution in [0.1, 0.15) is 12.8 Å². The fraction of sp³-hybridized carbons (Fsp3) is 0.190. The van der Waals surface area contributed by atoms with Gasteiger partial charge in [-0.3, -0.25) is 9.78 Å². The largest absolute Gasteiger partial charge is 0.368 e. The van der Waals surface area contributed by atoms with Gasteiger partial charge >= 0.3 is 0 Å². The molecule has 1 aliphatic heterocycles. The molecule has 0 radical (unpaired) electrons. The van der Waals surface area contributed by atoms with Gasteiger partial charge in [0.25, 0.3) is 5.91 Å². The van der Waals surface area contributed by atoms with Crippen molar-refractivity contribution in [1.82, 2.24) is 24.8 Å². The highest BCUT2D eigenvalue weighted by Crippen LogP contribution is 2.23. The lowest BCUT2D eigenvalue weighted by Crippen LogP contribution is -2.26. The quantitative estimate of drug-likeness (QED) is 0.579. The Labute approximate surface area is 166 Å². The summed E-state index contributed by atoms with van der Waals surface area (Å²) in [6.07, 6.45) is 3.01. The van der Waals surface area contributed by atoms with Crippen LogP contribution in [0.3, 0.4) is 0 Å². The van der Waals surface area contributed by atoms with Gasteiger partial charge in [-0.25, -0.2) is 0 Å². The summed E-state index contributed by atoms with van der Waals surface area (Å²) in [5, 5.41) is 16.0. The van der Waals surface area contributed by atoms with Gasteiger partial charge in [0, 0.05) is 24.1 Å². The second-order valence-electron chi connectivity index (χ2n) is 6.80. The number of ether oxygens (including phenoxy) is 1. The summed E-state index contributed by atoms with van der Waals surface area (Å²) in [4.78, 5) is 16.7. The summed E-state index contributed by atoms with van der Waals surface area (Å²) in [7, 11) is 0. The first-order valence-electron chi connectivity index (χ1n) is 9.45. The first kappa shape index (κ1) is 17.4. The van der Waals surface area contributed by atoms with Crippen molar-refractivity contribution >= 4 is 17.2 Å². The molecular formula is C21H18N6O2. The number of carbonyl (C=O) groups is 1. The maximum atomic E-state index is 12.3. The molecule has 4 heterocycles. The number of aromatic nitrogens is 5. The van der Waals surface area contributed by atoms with Crippen molar-refractivity contribution in [3.8, 4) is 22.8 Å². The van der Waals surface area contributed by atoms with Crippen molar-refractivity contribution in [2.24, 2.45) is 0 Å². The molecule has 0 saturated carbocycles. The Morgan fingerprint density at radius 3 is 2.86 bits per heavy atom. The molecule has 3 aromatic heterocycles. The average molecular weight is 386 g/mol. The Morgan fingerprint density at radius 2 is 2.03 bits per heavy atom. The monoisotopic (exact) mass is 386 g/mol. The minimum Gasteiger partial charge on any atom is -0.368 e. The van der Waals surface area contributed by atoms with Gasteiger partial charge in [0.15, 0.2) is 5.65 Å². The van der Waals surface area contributed by atoms with Crippen molar-refractivity contribution < 1.29 is 9.53 Å². The fourth-order valence-electron chi connectivity index (χ4n) is 3.36. The predicted octanol–water partition coefficient (Wildman–Crippen LogP) is 2.97. The van der Waals surface area contributed by atoms with Crippen LogP contribution in [-0.2, 0) is 9.53 Å². The van der Waals surface area contributed by atoms with E-state index in [1.165, 1.54) is 0 Å². The third-order valence-corrected chi connectivity index (χ3v) is 4.80. The van der Waals surface area contributed by atoms with Crippen LogP contribution in [-0.4, -0.2) is 43.4 Å². The highest BCUT2D eigenvalue weighted by Gasteiger charge is 2.23. The number of hydrogen-bond acceptors (Lipinski definition) is 6. The minimum absolute atomic E-state index is 0.112. The van der Waals surface area contributed by atoms with Gasteiger partial charge in [-0.1, -0.05) is 18.2 Å². The van der Waals surface area contributed by atoms with E-state index in [0.29, 0.717) is 29.5 Å². The molecular weight excluding hydrogens is 368 g/mol. The molecule has 1 amide bonds. The molecule has 1 aromatic carbocycles. The van der Waals surface area contributed by atoms with Crippen LogP contribution in [0.2, 0.25) is 0 Å². The topological polar surface area (TPSA) is 94.3 Å². The maximum Gasteiger partial charge on any atom is 0.253 e. The molecule has 0 spiro atoms. The molecule has 4 aromatic rings. The molecule has 1 N–H and O–H groups in total. The Morgan fingerprint density at radius 1 is 1.07 bits per heavy atom. The van der Waals surface area contributed by atoms with Crippen molar-refractivity contribution in [2.75, 3.05) is 11.9 Å². The van der Waals surface area contributed by atoms with E-state index in [9.17, 15) is 4.79 Å². The molecule has 8 heteroatoms. The number of rotatable bonds is 4. The number of fused-ring (bicyclic) bond motifs is 1. The Kier molecular flexibility index (Phi) is 4.45. The summed E-state index contributed by atoms with van der Waals surface area (Å²) in [5.41, 5.74) is 3.65. The van der Waals surface area contributed by atoms with Gasteiger partial charge in [-0.15, -0.1) is 10.2 Å². The fourth-order valence-corrected chi connectivity index (χ4v) is 3.36. The minimum atomic E-state index is -0.369. The predicted molar refractivity (Wildman–Crippen MR) is 107 cm³/mol. The number of carbonyl (C=O) groups excluding carboxylic acids is 1. The molecule has 5 rings (SSSR count). The van der Waals surface area contributed by atoms with E-state index >= 15 is 0 Å². The van der Waals surface area contributed by atoms with Crippen LogP contribution in [0, 0.1) is 0 Å². The van der Waals surface area contributed by atoms with Crippen LogP contribution in [0.4, 0.5) is 5.69 Å². The van der Waals surface area contributed by atoms with E-state index in [4.69, 9.17) is 9.84 Å². The van der Waals surface area contributed by atoms with Gasteiger partial charge in [-0.05, 0) is 49.2 Å². The third-order valence-electron chi connectivity index (χ3n) is 4.80. The van der Waals surface area contributed by atoms with E-state index in [-0.39, 0.29) is 12.0 Å². The average Bonchev–Trinajstić information content (AvgIpc) is 3.44. The van der Waals surface area contributed by atoms with E-state index in [1.54, 1.807) is 10.7 Å².